The lowest BCUT2D eigenvalue weighted by Crippen LogP contribution is -2.44. The van der Waals surface area contributed by atoms with Crippen LogP contribution in [0.25, 0.3) is 16.3 Å². The monoisotopic (exact) mass is 430 g/mol. The van der Waals surface area contributed by atoms with E-state index in [1.807, 2.05) is 35.0 Å². The van der Waals surface area contributed by atoms with E-state index >= 15 is 0 Å². The van der Waals surface area contributed by atoms with Crippen LogP contribution in [-0.2, 0) is 4.74 Å². The zero-order chi connectivity index (χ0) is 20.8. The highest BCUT2D eigenvalue weighted by Crippen LogP contribution is 2.44. The SMILES string of the molecule is COc1ccccc1-n1nc(C2CC(C)(C)OC(C)(C)C2)cc1-c1ccc(Cl)s1. The van der Waals surface area contributed by atoms with Gasteiger partial charge in [-0.3, -0.25) is 0 Å². The normalized spacial score (nSPS) is 18.7. The molecule has 29 heavy (non-hydrogen) atoms. The Morgan fingerprint density at radius 1 is 1.10 bits per heavy atom. The Balaban J connectivity index is 1.84. The lowest BCUT2D eigenvalue weighted by atomic mass is 9.79. The van der Waals surface area contributed by atoms with Gasteiger partial charge in [-0.15, -0.1) is 11.3 Å². The van der Waals surface area contributed by atoms with Crippen LogP contribution in [0.4, 0.5) is 0 Å². The van der Waals surface area contributed by atoms with Crippen molar-refractivity contribution in [3.63, 3.8) is 0 Å². The predicted molar refractivity (Wildman–Crippen MR) is 120 cm³/mol. The molecule has 0 spiro atoms. The van der Waals surface area contributed by atoms with E-state index in [0.29, 0.717) is 5.92 Å². The third-order valence-corrected chi connectivity index (χ3v) is 6.57. The maximum absolute atomic E-state index is 6.29. The van der Waals surface area contributed by atoms with E-state index in [0.717, 1.165) is 44.9 Å². The molecule has 3 aromatic rings. The van der Waals surface area contributed by atoms with Crippen molar-refractivity contribution in [2.24, 2.45) is 0 Å². The topological polar surface area (TPSA) is 36.3 Å². The number of benzene rings is 1. The van der Waals surface area contributed by atoms with Crippen molar-refractivity contribution in [3.05, 3.63) is 52.5 Å². The second-order valence-electron chi connectivity index (χ2n) is 8.87. The summed E-state index contributed by atoms with van der Waals surface area (Å²) < 4.78 is 14.7. The van der Waals surface area contributed by atoms with Crippen molar-refractivity contribution in [3.8, 4) is 22.0 Å². The van der Waals surface area contributed by atoms with Gasteiger partial charge < -0.3 is 9.47 Å². The molecule has 0 atom stereocenters. The number of nitrogens with zero attached hydrogens (tertiary/aromatic N) is 2. The Bertz CT molecular complexity index is 1010. The first kappa shape index (κ1) is 20.5. The zero-order valence-electron chi connectivity index (χ0n) is 17.5. The van der Waals surface area contributed by atoms with Crippen molar-refractivity contribution in [1.82, 2.24) is 9.78 Å². The third-order valence-electron chi connectivity index (χ3n) is 5.31. The summed E-state index contributed by atoms with van der Waals surface area (Å²) >= 11 is 7.81. The Morgan fingerprint density at radius 3 is 2.41 bits per heavy atom. The fourth-order valence-corrected chi connectivity index (χ4v) is 5.56. The lowest BCUT2D eigenvalue weighted by Gasteiger charge is -2.45. The molecule has 2 aromatic heterocycles. The fraction of sp³-hybridized carbons (Fsp3) is 0.435. The fourth-order valence-electron chi connectivity index (χ4n) is 4.51. The summed E-state index contributed by atoms with van der Waals surface area (Å²) in [6, 6.07) is 14.2. The standard InChI is InChI=1S/C23H27ClN2O2S/c1-22(2)13-15(14-23(3,4)28-22)16-12-18(20-10-11-21(24)29-20)26(25-16)17-8-6-7-9-19(17)27-5/h6-12,15H,13-14H2,1-5H3. The summed E-state index contributed by atoms with van der Waals surface area (Å²) in [7, 11) is 1.69. The molecule has 4 rings (SSSR count). The van der Waals surface area contributed by atoms with Crippen molar-refractivity contribution < 1.29 is 9.47 Å². The first-order chi connectivity index (χ1) is 13.7. The molecule has 1 aliphatic rings. The first-order valence-electron chi connectivity index (χ1n) is 9.87. The minimum atomic E-state index is -0.187. The molecule has 4 nitrogen and oxygen atoms in total. The van der Waals surface area contributed by atoms with Gasteiger partial charge in [-0.2, -0.15) is 5.10 Å². The maximum Gasteiger partial charge on any atom is 0.144 e. The molecule has 154 valence electrons. The Labute approximate surface area is 181 Å². The molecule has 6 heteroatoms. The molecule has 0 aliphatic carbocycles. The van der Waals surface area contributed by atoms with Gasteiger partial charge in [0.05, 0.1) is 38.9 Å². The number of thiophene rings is 1. The van der Waals surface area contributed by atoms with Crippen molar-refractivity contribution in [1.29, 1.82) is 0 Å². The van der Waals surface area contributed by atoms with Crippen molar-refractivity contribution >= 4 is 22.9 Å². The molecular formula is C23H27ClN2O2S. The van der Waals surface area contributed by atoms with Gasteiger partial charge in [0.15, 0.2) is 0 Å². The Hall–Kier alpha value is -1.82. The average molecular weight is 431 g/mol. The largest absolute Gasteiger partial charge is 0.494 e. The number of hydrogen-bond acceptors (Lipinski definition) is 4. The van der Waals surface area contributed by atoms with E-state index in [4.69, 9.17) is 26.2 Å². The van der Waals surface area contributed by atoms with Crippen molar-refractivity contribution in [2.45, 2.75) is 57.7 Å². The summed E-state index contributed by atoms with van der Waals surface area (Å²) in [5.74, 6) is 1.11. The van der Waals surface area contributed by atoms with Gasteiger partial charge >= 0.3 is 0 Å². The van der Waals surface area contributed by atoms with Crippen LogP contribution in [0.5, 0.6) is 5.75 Å². The van der Waals surface area contributed by atoms with Gasteiger partial charge in [0, 0.05) is 5.92 Å². The quantitative estimate of drug-likeness (QED) is 0.461. The van der Waals surface area contributed by atoms with Crippen LogP contribution >= 0.6 is 22.9 Å². The second kappa shape index (κ2) is 7.46. The number of aromatic nitrogens is 2. The molecule has 3 heterocycles. The van der Waals surface area contributed by atoms with E-state index in [2.05, 4.69) is 39.8 Å². The molecule has 1 aromatic carbocycles. The number of methoxy groups -OCH3 is 1. The smallest absolute Gasteiger partial charge is 0.144 e. The number of para-hydroxylation sites is 2. The molecule has 0 saturated carbocycles. The van der Waals surface area contributed by atoms with Crippen LogP contribution in [0.2, 0.25) is 4.34 Å². The third kappa shape index (κ3) is 4.23. The van der Waals surface area contributed by atoms with Gasteiger partial charge in [-0.1, -0.05) is 23.7 Å². The predicted octanol–water partition coefficient (Wildman–Crippen LogP) is 6.71. The number of halogens is 1. The van der Waals surface area contributed by atoms with E-state index < -0.39 is 0 Å². The summed E-state index contributed by atoms with van der Waals surface area (Å²) in [5, 5.41) is 5.07. The second-order valence-corrected chi connectivity index (χ2v) is 10.6. The molecule has 0 bridgehead atoms. The van der Waals surface area contributed by atoms with Gasteiger partial charge in [-0.25, -0.2) is 4.68 Å². The van der Waals surface area contributed by atoms with Gasteiger partial charge in [-0.05, 0) is 70.9 Å². The number of rotatable bonds is 4. The summed E-state index contributed by atoms with van der Waals surface area (Å²) in [5.41, 5.74) is 2.66. The molecule has 0 amide bonds. The van der Waals surface area contributed by atoms with E-state index in [1.165, 1.54) is 0 Å². The molecule has 0 radical (unpaired) electrons. The minimum Gasteiger partial charge on any atom is -0.494 e. The van der Waals surface area contributed by atoms with E-state index in [9.17, 15) is 0 Å². The first-order valence-corrected chi connectivity index (χ1v) is 11.1. The summed E-state index contributed by atoms with van der Waals surface area (Å²) in [6.45, 7) is 8.66. The van der Waals surface area contributed by atoms with Gasteiger partial charge in [0.2, 0.25) is 0 Å². The molecule has 1 aliphatic heterocycles. The van der Waals surface area contributed by atoms with Crippen molar-refractivity contribution in [2.75, 3.05) is 7.11 Å². The number of ether oxygens (including phenoxy) is 2. The highest BCUT2D eigenvalue weighted by Gasteiger charge is 2.41. The summed E-state index contributed by atoms with van der Waals surface area (Å²) in [6.07, 6.45) is 1.87. The minimum absolute atomic E-state index is 0.187. The van der Waals surface area contributed by atoms with Crippen LogP contribution < -0.4 is 4.74 Å². The van der Waals surface area contributed by atoms with E-state index in [-0.39, 0.29) is 11.2 Å². The Kier molecular flexibility index (Phi) is 5.26. The number of hydrogen-bond donors (Lipinski definition) is 0. The molecule has 1 fully saturated rings. The van der Waals surface area contributed by atoms with Crippen LogP contribution in [0, 0.1) is 0 Å². The van der Waals surface area contributed by atoms with Crippen LogP contribution in [-0.4, -0.2) is 28.1 Å². The van der Waals surface area contributed by atoms with Crippen LogP contribution in [0.15, 0.2) is 42.5 Å². The van der Waals surface area contributed by atoms with Crippen LogP contribution in [0.1, 0.15) is 52.1 Å². The molecule has 1 saturated heterocycles. The van der Waals surface area contributed by atoms with Gasteiger partial charge in [0.25, 0.3) is 0 Å². The average Bonchev–Trinajstić information content (AvgIpc) is 3.25. The Morgan fingerprint density at radius 2 is 1.79 bits per heavy atom. The lowest BCUT2D eigenvalue weighted by molar-refractivity contribution is -0.162. The zero-order valence-corrected chi connectivity index (χ0v) is 19.1. The molecular weight excluding hydrogens is 404 g/mol. The summed E-state index contributed by atoms with van der Waals surface area (Å²) in [4.78, 5) is 1.09. The van der Waals surface area contributed by atoms with Crippen LogP contribution in [0.3, 0.4) is 0 Å². The highest BCUT2D eigenvalue weighted by atomic mass is 35.5. The highest BCUT2D eigenvalue weighted by molar-refractivity contribution is 7.19. The molecule has 0 unspecified atom stereocenters. The maximum atomic E-state index is 6.29. The van der Waals surface area contributed by atoms with E-state index in [1.54, 1.807) is 18.4 Å². The molecule has 0 N–H and O–H groups in total. The van der Waals surface area contributed by atoms with Gasteiger partial charge in [0.1, 0.15) is 11.4 Å².